The summed E-state index contributed by atoms with van der Waals surface area (Å²) in [5.41, 5.74) is 3.16. The fourth-order valence-corrected chi connectivity index (χ4v) is 5.50. The van der Waals surface area contributed by atoms with E-state index in [-0.39, 0.29) is 17.5 Å². The van der Waals surface area contributed by atoms with E-state index in [1.165, 1.54) is 11.6 Å². The van der Waals surface area contributed by atoms with Crippen LogP contribution < -0.4 is 10.1 Å². The molecule has 0 spiro atoms. The molecule has 1 N–H and O–H groups in total. The number of nitrogens with zero attached hydrogens (tertiary/aromatic N) is 1. The Bertz CT molecular complexity index is 1360. The molecule has 3 nitrogen and oxygen atoms in total. The summed E-state index contributed by atoms with van der Waals surface area (Å²) in [5.74, 6) is 0.852. The van der Waals surface area contributed by atoms with Gasteiger partial charge in [-0.15, -0.1) is 0 Å². The quantitative estimate of drug-likeness (QED) is 0.136. The van der Waals surface area contributed by atoms with E-state index in [0.717, 1.165) is 35.9 Å². The van der Waals surface area contributed by atoms with Crippen LogP contribution in [0.5, 0.6) is 5.75 Å². The maximum atomic E-state index is 13.6. The molecule has 0 aliphatic rings. The van der Waals surface area contributed by atoms with Crippen molar-refractivity contribution in [3.8, 4) is 5.75 Å². The Morgan fingerprint density at radius 2 is 1.49 bits per heavy atom. The second kappa shape index (κ2) is 15.9. The van der Waals surface area contributed by atoms with E-state index in [2.05, 4.69) is 60.5 Å². The first kappa shape index (κ1) is 32.6. The lowest BCUT2D eigenvalue weighted by Gasteiger charge is -2.29. The molecule has 0 unspecified atom stereocenters. The molecular formula is C36H40ClF3N2O. The standard InChI is InChI=1S/C36H40ClF3N2O/c1-27(2)41-21-20-28-12-9-18-32(24-28)43-23-11-22-42(25-31-17-10-19-34(35(31)37)36(38,39)40)26-33(29-13-5-3-6-14-29)30-15-7-4-8-16-30/h3-10,12-19,24,27,33,41H,11,20-23,25-26H2,1-2H3. The highest BCUT2D eigenvalue weighted by atomic mass is 35.5. The molecular weight excluding hydrogens is 569 g/mol. The molecule has 4 aromatic carbocycles. The molecule has 0 atom stereocenters. The summed E-state index contributed by atoms with van der Waals surface area (Å²) < 4.78 is 47.0. The number of halogens is 4. The summed E-state index contributed by atoms with van der Waals surface area (Å²) >= 11 is 6.34. The van der Waals surface area contributed by atoms with Gasteiger partial charge < -0.3 is 10.1 Å². The highest BCUT2D eigenvalue weighted by molar-refractivity contribution is 6.32. The SMILES string of the molecule is CC(C)NCCc1cccc(OCCCN(Cc2cccc(C(F)(F)F)c2Cl)CC(c2ccccc2)c2ccccc2)c1. The topological polar surface area (TPSA) is 24.5 Å². The van der Waals surface area contributed by atoms with Gasteiger partial charge in [-0.2, -0.15) is 13.2 Å². The third-order valence-corrected chi connectivity index (χ3v) is 7.82. The lowest BCUT2D eigenvalue weighted by Crippen LogP contribution is -2.31. The highest BCUT2D eigenvalue weighted by Gasteiger charge is 2.34. The number of ether oxygens (including phenoxy) is 1. The Morgan fingerprint density at radius 1 is 0.837 bits per heavy atom. The van der Waals surface area contributed by atoms with Crippen LogP contribution >= 0.6 is 11.6 Å². The number of nitrogens with one attached hydrogen (secondary N) is 1. The van der Waals surface area contributed by atoms with Gasteiger partial charge in [0.05, 0.1) is 17.2 Å². The number of alkyl halides is 3. The van der Waals surface area contributed by atoms with Crippen molar-refractivity contribution in [3.05, 3.63) is 136 Å². The van der Waals surface area contributed by atoms with Crippen LogP contribution in [0.2, 0.25) is 5.02 Å². The first-order valence-corrected chi connectivity index (χ1v) is 15.2. The van der Waals surface area contributed by atoms with E-state index >= 15 is 0 Å². The van der Waals surface area contributed by atoms with Crippen LogP contribution in [0, 0.1) is 0 Å². The molecule has 4 aromatic rings. The molecule has 0 saturated heterocycles. The lowest BCUT2D eigenvalue weighted by atomic mass is 9.90. The molecule has 7 heteroatoms. The van der Waals surface area contributed by atoms with Gasteiger partial charge >= 0.3 is 6.18 Å². The van der Waals surface area contributed by atoms with E-state index in [0.29, 0.717) is 37.7 Å². The van der Waals surface area contributed by atoms with Crippen molar-refractivity contribution in [1.82, 2.24) is 10.2 Å². The molecule has 0 fully saturated rings. The average molecular weight is 609 g/mol. The van der Waals surface area contributed by atoms with Gasteiger partial charge in [0.2, 0.25) is 0 Å². The van der Waals surface area contributed by atoms with Crippen molar-refractivity contribution < 1.29 is 17.9 Å². The van der Waals surface area contributed by atoms with Crippen LogP contribution in [-0.2, 0) is 19.1 Å². The molecule has 43 heavy (non-hydrogen) atoms. The second-order valence-electron chi connectivity index (χ2n) is 11.1. The molecule has 0 heterocycles. The summed E-state index contributed by atoms with van der Waals surface area (Å²) in [6, 6.07) is 33.1. The molecule has 0 radical (unpaired) electrons. The third-order valence-electron chi connectivity index (χ3n) is 7.37. The zero-order valence-corrected chi connectivity index (χ0v) is 25.5. The Balaban J connectivity index is 1.50. The number of rotatable bonds is 15. The number of hydrogen-bond donors (Lipinski definition) is 1. The van der Waals surface area contributed by atoms with E-state index in [1.54, 1.807) is 6.07 Å². The van der Waals surface area contributed by atoms with Crippen LogP contribution in [0.4, 0.5) is 13.2 Å². The van der Waals surface area contributed by atoms with Crippen molar-refractivity contribution >= 4 is 11.6 Å². The number of hydrogen-bond acceptors (Lipinski definition) is 3. The molecule has 0 aromatic heterocycles. The van der Waals surface area contributed by atoms with Crippen molar-refractivity contribution in [3.63, 3.8) is 0 Å². The van der Waals surface area contributed by atoms with Crippen molar-refractivity contribution in [2.45, 2.75) is 51.4 Å². The smallest absolute Gasteiger partial charge is 0.417 e. The lowest BCUT2D eigenvalue weighted by molar-refractivity contribution is -0.137. The largest absolute Gasteiger partial charge is 0.494 e. The molecule has 0 amide bonds. The molecule has 0 saturated carbocycles. The van der Waals surface area contributed by atoms with E-state index in [1.807, 2.05) is 48.5 Å². The van der Waals surface area contributed by atoms with Gasteiger partial charge in [0.1, 0.15) is 5.75 Å². The normalized spacial score (nSPS) is 11.9. The monoisotopic (exact) mass is 608 g/mol. The van der Waals surface area contributed by atoms with Gasteiger partial charge in [0.15, 0.2) is 0 Å². The molecule has 4 rings (SSSR count). The minimum Gasteiger partial charge on any atom is -0.494 e. The van der Waals surface area contributed by atoms with Crippen LogP contribution in [0.25, 0.3) is 0 Å². The van der Waals surface area contributed by atoms with Gasteiger partial charge in [-0.05, 0) is 59.8 Å². The Hall–Kier alpha value is -3.32. The molecule has 0 bridgehead atoms. The first-order chi connectivity index (χ1) is 20.7. The predicted molar refractivity (Wildman–Crippen MR) is 170 cm³/mol. The van der Waals surface area contributed by atoms with E-state index in [4.69, 9.17) is 16.3 Å². The Kier molecular flexibility index (Phi) is 12.1. The Morgan fingerprint density at radius 3 is 2.12 bits per heavy atom. The summed E-state index contributed by atoms with van der Waals surface area (Å²) in [6.45, 7) is 7.17. The van der Waals surface area contributed by atoms with Crippen molar-refractivity contribution in [2.75, 3.05) is 26.2 Å². The van der Waals surface area contributed by atoms with Crippen LogP contribution in [0.1, 0.15) is 54.0 Å². The Labute approximate surface area is 258 Å². The van der Waals surface area contributed by atoms with E-state index in [9.17, 15) is 13.2 Å². The minimum absolute atomic E-state index is 0.0315. The van der Waals surface area contributed by atoms with Gasteiger partial charge in [0, 0.05) is 31.6 Å². The summed E-state index contributed by atoms with van der Waals surface area (Å²) in [7, 11) is 0. The van der Waals surface area contributed by atoms with Gasteiger partial charge in [0.25, 0.3) is 0 Å². The molecule has 0 aliphatic carbocycles. The fraction of sp³-hybridized carbons (Fsp3) is 0.333. The minimum atomic E-state index is -4.51. The maximum absolute atomic E-state index is 13.6. The zero-order chi connectivity index (χ0) is 30.7. The van der Waals surface area contributed by atoms with Gasteiger partial charge in [-0.25, -0.2) is 0 Å². The van der Waals surface area contributed by atoms with Crippen LogP contribution in [0.3, 0.4) is 0 Å². The van der Waals surface area contributed by atoms with E-state index < -0.39 is 11.7 Å². The number of benzene rings is 4. The maximum Gasteiger partial charge on any atom is 0.417 e. The molecule has 0 aliphatic heterocycles. The van der Waals surface area contributed by atoms with Crippen LogP contribution in [-0.4, -0.2) is 37.2 Å². The van der Waals surface area contributed by atoms with Crippen LogP contribution in [0.15, 0.2) is 103 Å². The van der Waals surface area contributed by atoms with Crippen molar-refractivity contribution in [2.24, 2.45) is 0 Å². The zero-order valence-electron chi connectivity index (χ0n) is 24.8. The first-order valence-electron chi connectivity index (χ1n) is 14.8. The summed E-state index contributed by atoms with van der Waals surface area (Å²) in [6.07, 6.45) is -2.89. The third kappa shape index (κ3) is 10.1. The van der Waals surface area contributed by atoms with Gasteiger partial charge in [-0.3, -0.25) is 4.90 Å². The van der Waals surface area contributed by atoms with Gasteiger partial charge in [-0.1, -0.05) is 110 Å². The average Bonchev–Trinajstić information content (AvgIpc) is 2.99. The molecule has 228 valence electrons. The van der Waals surface area contributed by atoms with Crippen molar-refractivity contribution in [1.29, 1.82) is 0 Å². The highest BCUT2D eigenvalue weighted by Crippen LogP contribution is 2.37. The predicted octanol–water partition coefficient (Wildman–Crippen LogP) is 9.00. The fourth-order valence-electron chi connectivity index (χ4n) is 5.20. The second-order valence-corrected chi connectivity index (χ2v) is 11.5. The summed E-state index contributed by atoms with van der Waals surface area (Å²) in [5, 5.41) is 3.19. The summed E-state index contributed by atoms with van der Waals surface area (Å²) in [4.78, 5) is 2.18.